The molecular weight excluding hydrogens is 528 g/mol. The summed E-state index contributed by atoms with van der Waals surface area (Å²) in [6.07, 6.45) is -19.3. The molecule has 0 unspecified atom stereocenters. The SMILES string of the molecule is C[C@@H]1O[C@@H](O)[C@@H](OS(=O)(=O)O)[C@H](O)[C@@H]1O[C@@H]1O[C@@H](C)[C@@H](OS(=O)(=O)O)[C@@H](O)[C@@H]1OS(=O)(=O)O. The van der Waals surface area contributed by atoms with E-state index in [0.29, 0.717) is 0 Å². The molecule has 0 saturated carbocycles. The Morgan fingerprint density at radius 1 is 0.606 bits per heavy atom. The molecule has 2 aliphatic rings. The van der Waals surface area contributed by atoms with Crippen LogP contribution in [0.25, 0.3) is 0 Å². The van der Waals surface area contributed by atoms with Gasteiger partial charge in [0.2, 0.25) is 0 Å². The smallest absolute Gasteiger partial charge is 0.387 e. The van der Waals surface area contributed by atoms with Gasteiger partial charge in [0.25, 0.3) is 0 Å². The normalized spacial score (nSPS) is 41.1. The molecule has 6 N–H and O–H groups in total. The van der Waals surface area contributed by atoms with Gasteiger partial charge in [0.05, 0.1) is 12.2 Å². The topological polar surface area (TPSA) is 279 Å². The molecule has 0 bridgehead atoms. The molecule has 2 rings (SSSR count). The van der Waals surface area contributed by atoms with Gasteiger partial charge in [-0.1, -0.05) is 0 Å². The molecule has 196 valence electrons. The van der Waals surface area contributed by atoms with E-state index >= 15 is 0 Å². The fraction of sp³-hybridized carbons (Fsp3) is 1.00. The molecule has 2 aliphatic heterocycles. The van der Waals surface area contributed by atoms with Gasteiger partial charge in [-0.25, -0.2) is 12.5 Å². The van der Waals surface area contributed by atoms with Gasteiger partial charge < -0.3 is 29.5 Å². The van der Waals surface area contributed by atoms with Gasteiger partial charge >= 0.3 is 31.2 Å². The fourth-order valence-corrected chi connectivity index (χ4v) is 4.75. The van der Waals surface area contributed by atoms with Crippen molar-refractivity contribution in [2.75, 3.05) is 0 Å². The third kappa shape index (κ3) is 7.94. The molecule has 2 saturated heterocycles. The third-order valence-corrected chi connectivity index (χ3v) is 5.91. The molecule has 10 atom stereocenters. The van der Waals surface area contributed by atoms with Crippen LogP contribution in [0.3, 0.4) is 0 Å². The van der Waals surface area contributed by atoms with E-state index in [9.17, 15) is 40.6 Å². The van der Waals surface area contributed by atoms with Gasteiger partial charge in [-0.2, -0.15) is 25.3 Å². The van der Waals surface area contributed by atoms with Gasteiger partial charge in [0, 0.05) is 0 Å². The summed E-state index contributed by atoms with van der Waals surface area (Å²) < 4.78 is 121. The molecule has 0 radical (unpaired) electrons. The lowest BCUT2D eigenvalue weighted by atomic mass is 9.98. The molecule has 0 aromatic heterocycles. The van der Waals surface area contributed by atoms with Crippen molar-refractivity contribution in [2.24, 2.45) is 0 Å². The van der Waals surface area contributed by atoms with E-state index in [4.69, 9.17) is 27.9 Å². The van der Waals surface area contributed by atoms with Gasteiger partial charge in [-0.3, -0.25) is 13.7 Å². The maximum Gasteiger partial charge on any atom is 0.397 e. The van der Waals surface area contributed by atoms with Crippen LogP contribution in [0.4, 0.5) is 0 Å². The Balaban J connectivity index is 2.33. The van der Waals surface area contributed by atoms with E-state index in [1.807, 2.05) is 0 Å². The zero-order valence-corrected chi connectivity index (χ0v) is 19.0. The molecule has 2 heterocycles. The average molecular weight is 550 g/mol. The number of ether oxygens (including phenoxy) is 3. The van der Waals surface area contributed by atoms with Crippen LogP contribution in [-0.2, 0) is 58.0 Å². The number of aliphatic hydroxyl groups excluding tert-OH is 3. The monoisotopic (exact) mass is 550 g/mol. The van der Waals surface area contributed by atoms with Gasteiger partial charge in [0.15, 0.2) is 24.8 Å². The highest BCUT2D eigenvalue weighted by atomic mass is 32.3. The minimum Gasteiger partial charge on any atom is -0.387 e. The molecule has 0 aromatic carbocycles. The van der Waals surface area contributed by atoms with E-state index in [2.05, 4.69) is 12.5 Å². The largest absolute Gasteiger partial charge is 0.397 e. The third-order valence-electron chi connectivity index (χ3n) is 4.51. The number of rotatable bonds is 8. The first-order valence-corrected chi connectivity index (χ1v) is 12.9. The molecule has 2 fully saturated rings. The first-order valence-electron chi connectivity index (χ1n) is 8.77. The molecule has 0 aliphatic carbocycles. The van der Waals surface area contributed by atoms with Crippen LogP contribution in [0.5, 0.6) is 0 Å². The van der Waals surface area contributed by atoms with E-state index in [0.717, 1.165) is 6.92 Å². The molecule has 0 aromatic rings. The molecule has 0 spiro atoms. The highest BCUT2D eigenvalue weighted by molar-refractivity contribution is 7.81. The van der Waals surface area contributed by atoms with Crippen LogP contribution in [0.15, 0.2) is 0 Å². The van der Waals surface area contributed by atoms with Crippen molar-refractivity contribution in [3.05, 3.63) is 0 Å². The summed E-state index contributed by atoms with van der Waals surface area (Å²) in [4.78, 5) is 0. The van der Waals surface area contributed by atoms with Crippen molar-refractivity contribution in [1.82, 2.24) is 0 Å². The van der Waals surface area contributed by atoms with Gasteiger partial charge in [-0.05, 0) is 13.8 Å². The zero-order chi connectivity index (χ0) is 25.5. The second-order valence-corrected chi connectivity index (χ2v) is 10.1. The Morgan fingerprint density at radius 2 is 1.00 bits per heavy atom. The summed E-state index contributed by atoms with van der Waals surface area (Å²) >= 11 is 0. The van der Waals surface area contributed by atoms with E-state index in [1.165, 1.54) is 6.92 Å². The summed E-state index contributed by atoms with van der Waals surface area (Å²) in [5, 5.41) is 30.5. The Morgan fingerprint density at radius 3 is 1.48 bits per heavy atom. The summed E-state index contributed by atoms with van der Waals surface area (Å²) in [7, 11) is -15.7. The maximum absolute atomic E-state index is 11.2. The molecule has 33 heavy (non-hydrogen) atoms. The summed E-state index contributed by atoms with van der Waals surface area (Å²) in [5.74, 6) is 0. The lowest BCUT2D eigenvalue weighted by molar-refractivity contribution is -0.341. The predicted molar refractivity (Wildman–Crippen MR) is 97.0 cm³/mol. The van der Waals surface area contributed by atoms with Crippen LogP contribution in [0.1, 0.15) is 13.8 Å². The standard InChI is InChI=1S/C12H22O18S3/c1-3-7(5(13)9(11(15)25-3)29-32(19,20)21)27-12-10(30-33(22,23)24)6(14)8(4(2)26-12)28-31(16,17)18/h3-15H,1-2H3,(H,16,17,18)(H,19,20,21)(H,22,23,24)/t3-,4-,5+,6+,7+,8+,9-,10-,11+,12-/m0/s1. The van der Waals surface area contributed by atoms with Crippen LogP contribution in [0, 0.1) is 0 Å². The molecular formula is C12H22O18S3. The second kappa shape index (κ2) is 10.2. The highest BCUT2D eigenvalue weighted by Gasteiger charge is 2.53. The van der Waals surface area contributed by atoms with Crippen molar-refractivity contribution in [3.8, 4) is 0 Å². The summed E-state index contributed by atoms with van der Waals surface area (Å²) in [6, 6.07) is 0. The first kappa shape index (κ1) is 28.6. The van der Waals surface area contributed by atoms with Crippen LogP contribution < -0.4 is 0 Å². The van der Waals surface area contributed by atoms with Crippen molar-refractivity contribution in [3.63, 3.8) is 0 Å². The number of hydrogen-bond acceptors (Lipinski definition) is 15. The van der Waals surface area contributed by atoms with E-state index in [-0.39, 0.29) is 0 Å². The lowest BCUT2D eigenvalue weighted by Gasteiger charge is -2.46. The molecule has 0 amide bonds. The second-order valence-electron chi connectivity index (χ2n) is 6.99. The maximum atomic E-state index is 11.2. The van der Waals surface area contributed by atoms with Gasteiger partial charge in [0.1, 0.15) is 24.4 Å². The van der Waals surface area contributed by atoms with E-state index in [1.54, 1.807) is 0 Å². The lowest BCUT2D eigenvalue weighted by Crippen LogP contribution is -2.64. The Labute approximate surface area is 187 Å². The minimum absolute atomic E-state index is 1.10. The van der Waals surface area contributed by atoms with Crippen molar-refractivity contribution < 1.29 is 81.0 Å². The average Bonchev–Trinajstić information content (AvgIpc) is 2.59. The minimum atomic E-state index is -5.34. The van der Waals surface area contributed by atoms with Crippen LogP contribution in [0.2, 0.25) is 0 Å². The quantitative estimate of drug-likeness (QED) is 0.158. The first-order chi connectivity index (χ1) is 14.8. The number of hydrogen-bond donors (Lipinski definition) is 6. The summed E-state index contributed by atoms with van der Waals surface area (Å²) in [5.41, 5.74) is 0. The summed E-state index contributed by atoms with van der Waals surface area (Å²) in [6.45, 7) is 2.30. The Kier molecular flexibility index (Phi) is 8.81. The highest BCUT2D eigenvalue weighted by Crippen LogP contribution is 2.32. The van der Waals surface area contributed by atoms with Crippen LogP contribution >= 0.6 is 0 Å². The van der Waals surface area contributed by atoms with Gasteiger partial charge in [-0.15, -0.1) is 0 Å². The zero-order valence-electron chi connectivity index (χ0n) is 16.6. The Bertz CT molecular complexity index is 993. The fourth-order valence-electron chi connectivity index (χ4n) is 3.22. The predicted octanol–water partition coefficient (Wildman–Crippen LogP) is -3.86. The van der Waals surface area contributed by atoms with Crippen LogP contribution in [-0.4, -0.2) is 116 Å². The van der Waals surface area contributed by atoms with Crippen molar-refractivity contribution in [1.29, 1.82) is 0 Å². The molecule has 18 nitrogen and oxygen atoms in total. The van der Waals surface area contributed by atoms with Crippen molar-refractivity contribution in [2.45, 2.75) is 75.3 Å². The number of aliphatic hydroxyl groups is 3. The Hall–Kier alpha value is -0.630. The van der Waals surface area contributed by atoms with E-state index < -0.39 is 92.6 Å². The molecule has 21 heteroatoms. The van der Waals surface area contributed by atoms with Crippen molar-refractivity contribution >= 4 is 31.2 Å².